The van der Waals surface area contributed by atoms with E-state index >= 15 is 0 Å². The summed E-state index contributed by atoms with van der Waals surface area (Å²) in [4.78, 5) is 14.2. The Morgan fingerprint density at radius 1 is 1.24 bits per heavy atom. The first-order chi connectivity index (χ1) is 12.2. The number of nitrogens with zero attached hydrogens (tertiary/aromatic N) is 2. The van der Waals surface area contributed by atoms with Crippen LogP contribution in [-0.2, 0) is 22.6 Å². The first-order valence-corrected chi connectivity index (χ1v) is 8.32. The highest BCUT2D eigenvalue weighted by Crippen LogP contribution is 2.16. The topological polar surface area (TPSA) is 86.5 Å². The molecule has 0 saturated carbocycles. The van der Waals surface area contributed by atoms with Crippen molar-refractivity contribution in [2.45, 2.75) is 32.1 Å². The summed E-state index contributed by atoms with van der Waals surface area (Å²) in [5.41, 5.74) is 2.22. The van der Waals surface area contributed by atoms with Crippen molar-refractivity contribution in [3.8, 4) is 0 Å². The van der Waals surface area contributed by atoms with E-state index in [-0.39, 0.29) is 11.8 Å². The maximum Gasteiger partial charge on any atom is 0.287 e. The number of anilines is 1. The molecule has 1 N–H and O–H groups in total. The smallest absolute Gasteiger partial charge is 0.287 e. The van der Waals surface area contributed by atoms with Gasteiger partial charge in [0, 0.05) is 25.8 Å². The van der Waals surface area contributed by atoms with Gasteiger partial charge in [-0.15, -0.1) is 0 Å². The molecule has 0 atom stereocenters. The van der Waals surface area contributed by atoms with Crippen LogP contribution in [0.5, 0.6) is 0 Å². The molecule has 3 rings (SSSR count). The van der Waals surface area contributed by atoms with E-state index < -0.39 is 4.92 Å². The van der Waals surface area contributed by atoms with Crippen LogP contribution in [0.25, 0.3) is 0 Å². The first kappa shape index (κ1) is 17.3. The number of rotatable bonds is 7. The third-order valence-corrected chi connectivity index (χ3v) is 4.08. The molecule has 2 aromatic rings. The molecular formula is C18H21N3O4. The van der Waals surface area contributed by atoms with Crippen LogP contribution in [0.1, 0.15) is 24.0 Å². The molecule has 1 fully saturated rings. The monoisotopic (exact) mass is 343 g/mol. The van der Waals surface area contributed by atoms with E-state index in [0.717, 1.165) is 37.2 Å². The second-order valence-corrected chi connectivity index (χ2v) is 5.95. The fraction of sp³-hybridized carbons (Fsp3) is 0.389. The zero-order chi connectivity index (χ0) is 17.5. The molecule has 0 amide bonds. The normalized spacial score (nSPS) is 15.0. The number of hydrogen-bond acceptors (Lipinski definition) is 6. The molecule has 0 aliphatic carbocycles. The molecule has 1 aromatic heterocycles. The average molecular weight is 343 g/mol. The third-order valence-electron chi connectivity index (χ3n) is 4.08. The van der Waals surface area contributed by atoms with Gasteiger partial charge in [0.15, 0.2) is 0 Å². The lowest BCUT2D eigenvalue weighted by molar-refractivity contribution is -0.385. The van der Waals surface area contributed by atoms with Gasteiger partial charge in [-0.05, 0) is 30.0 Å². The molecule has 25 heavy (non-hydrogen) atoms. The first-order valence-electron chi connectivity index (χ1n) is 8.32. The van der Waals surface area contributed by atoms with Gasteiger partial charge >= 0.3 is 0 Å². The number of aromatic nitrogens is 1. The predicted molar refractivity (Wildman–Crippen MR) is 93.3 cm³/mol. The van der Waals surface area contributed by atoms with Crippen LogP contribution in [0.3, 0.4) is 0 Å². The summed E-state index contributed by atoms with van der Waals surface area (Å²) in [5, 5.41) is 13.8. The van der Waals surface area contributed by atoms with Crippen molar-refractivity contribution in [2.24, 2.45) is 0 Å². The Bertz CT molecular complexity index is 700. The van der Waals surface area contributed by atoms with Gasteiger partial charge in [0.05, 0.1) is 17.6 Å². The second-order valence-electron chi connectivity index (χ2n) is 5.95. The standard InChI is InChI=1S/C18H21N3O4/c22-21(23)16-4-5-18(20-12-16)19-11-14-2-1-3-15(10-14)13-25-17-6-8-24-9-7-17/h1-5,10,12,17H,6-9,11,13H2,(H,19,20). The summed E-state index contributed by atoms with van der Waals surface area (Å²) in [7, 11) is 0. The maximum atomic E-state index is 10.6. The largest absolute Gasteiger partial charge is 0.381 e. The number of ether oxygens (including phenoxy) is 2. The summed E-state index contributed by atoms with van der Waals surface area (Å²) >= 11 is 0. The number of nitrogens with one attached hydrogen (secondary N) is 1. The van der Waals surface area contributed by atoms with E-state index in [0.29, 0.717) is 19.0 Å². The fourth-order valence-corrected chi connectivity index (χ4v) is 2.68. The summed E-state index contributed by atoms with van der Waals surface area (Å²) < 4.78 is 11.3. The third kappa shape index (κ3) is 5.23. The fourth-order valence-electron chi connectivity index (χ4n) is 2.68. The molecule has 1 aromatic carbocycles. The molecule has 2 heterocycles. The van der Waals surface area contributed by atoms with Crippen LogP contribution in [0.4, 0.5) is 11.5 Å². The molecule has 7 heteroatoms. The van der Waals surface area contributed by atoms with Crippen molar-refractivity contribution >= 4 is 11.5 Å². The molecule has 0 spiro atoms. The van der Waals surface area contributed by atoms with Crippen molar-refractivity contribution < 1.29 is 14.4 Å². The number of nitro groups is 1. The van der Waals surface area contributed by atoms with Gasteiger partial charge in [-0.25, -0.2) is 4.98 Å². The lowest BCUT2D eigenvalue weighted by atomic mass is 10.1. The van der Waals surface area contributed by atoms with Crippen molar-refractivity contribution in [1.29, 1.82) is 0 Å². The van der Waals surface area contributed by atoms with Crippen LogP contribution in [0, 0.1) is 10.1 Å². The Morgan fingerprint density at radius 3 is 2.76 bits per heavy atom. The van der Waals surface area contributed by atoms with Crippen LogP contribution >= 0.6 is 0 Å². The lowest BCUT2D eigenvalue weighted by Crippen LogP contribution is -2.23. The summed E-state index contributed by atoms with van der Waals surface area (Å²) in [5.74, 6) is 0.606. The van der Waals surface area contributed by atoms with E-state index in [2.05, 4.69) is 16.4 Å². The van der Waals surface area contributed by atoms with E-state index in [4.69, 9.17) is 9.47 Å². The molecule has 7 nitrogen and oxygen atoms in total. The molecular weight excluding hydrogens is 322 g/mol. The Kier molecular flexibility index (Phi) is 5.92. The number of benzene rings is 1. The second kappa shape index (κ2) is 8.55. The summed E-state index contributed by atoms with van der Waals surface area (Å²) in [6.07, 6.45) is 3.43. The van der Waals surface area contributed by atoms with Crippen molar-refractivity contribution in [3.05, 3.63) is 63.8 Å². The minimum absolute atomic E-state index is 0.0159. The van der Waals surface area contributed by atoms with Crippen molar-refractivity contribution in [1.82, 2.24) is 4.98 Å². The zero-order valence-corrected chi connectivity index (χ0v) is 13.9. The highest BCUT2D eigenvalue weighted by molar-refractivity contribution is 5.41. The molecule has 0 radical (unpaired) electrons. The van der Waals surface area contributed by atoms with Gasteiger partial charge in [-0.2, -0.15) is 0 Å². The minimum Gasteiger partial charge on any atom is -0.381 e. The molecule has 1 saturated heterocycles. The van der Waals surface area contributed by atoms with E-state index in [1.807, 2.05) is 18.2 Å². The van der Waals surface area contributed by atoms with Gasteiger partial charge in [-0.3, -0.25) is 10.1 Å². The van der Waals surface area contributed by atoms with Crippen molar-refractivity contribution in [2.75, 3.05) is 18.5 Å². The van der Waals surface area contributed by atoms with Gasteiger partial charge < -0.3 is 14.8 Å². The molecule has 0 bridgehead atoms. The Balaban J connectivity index is 1.51. The van der Waals surface area contributed by atoms with Crippen molar-refractivity contribution in [3.63, 3.8) is 0 Å². The Morgan fingerprint density at radius 2 is 2.04 bits per heavy atom. The zero-order valence-electron chi connectivity index (χ0n) is 13.9. The number of pyridine rings is 1. The Hall–Kier alpha value is -2.51. The van der Waals surface area contributed by atoms with E-state index in [9.17, 15) is 10.1 Å². The van der Waals surface area contributed by atoms with Gasteiger partial charge in [0.1, 0.15) is 12.0 Å². The number of hydrogen-bond donors (Lipinski definition) is 1. The summed E-state index contributed by atoms with van der Waals surface area (Å²) in [6.45, 7) is 2.73. The van der Waals surface area contributed by atoms with Crippen LogP contribution in [0.2, 0.25) is 0 Å². The minimum atomic E-state index is -0.460. The van der Waals surface area contributed by atoms with Gasteiger partial charge in [0.2, 0.25) is 0 Å². The molecule has 132 valence electrons. The predicted octanol–water partition coefficient (Wildman–Crippen LogP) is 3.30. The average Bonchev–Trinajstić information content (AvgIpc) is 2.66. The molecule has 1 aliphatic rings. The Labute approximate surface area is 146 Å². The van der Waals surface area contributed by atoms with Crippen LogP contribution in [0.15, 0.2) is 42.6 Å². The van der Waals surface area contributed by atoms with E-state index in [1.165, 1.54) is 12.3 Å². The highest BCUT2D eigenvalue weighted by atomic mass is 16.6. The van der Waals surface area contributed by atoms with Crippen LogP contribution in [-0.4, -0.2) is 29.2 Å². The quantitative estimate of drug-likeness (QED) is 0.613. The van der Waals surface area contributed by atoms with E-state index in [1.54, 1.807) is 6.07 Å². The van der Waals surface area contributed by atoms with Crippen LogP contribution < -0.4 is 5.32 Å². The van der Waals surface area contributed by atoms with Gasteiger partial charge in [0.25, 0.3) is 5.69 Å². The summed E-state index contributed by atoms with van der Waals surface area (Å²) in [6, 6.07) is 11.2. The molecule has 1 aliphatic heterocycles. The SMILES string of the molecule is O=[N+]([O-])c1ccc(NCc2cccc(COC3CCOCC3)c2)nc1. The highest BCUT2D eigenvalue weighted by Gasteiger charge is 2.14. The molecule has 0 unspecified atom stereocenters. The maximum absolute atomic E-state index is 10.6. The van der Waals surface area contributed by atoms with Gasteiger partial charge in [-0.1, -0.05) is 24.3 Å². The lowest BCUT2D eigenvalue weighted by Gasteiger charge is -2.22.